The molecular weight excluding hydrogens is 246 g/mol. The van der Waals surface area contributed by atoms with E-state index in [-0.39, 0.29) is 0 Å². The molecule has 0 bridgehead atoms. The van der Waals surface area contributed by atoms with Gasteiger partial charge in [-0.05, 0) is 48.2 Å². The highest BCUT2D eigenvalue weighted by Crippen LogP contribution is 2.44. The molecule has 1 N–H and O–H groups in total. The van der Waals surface area contributed by atoms with Gasteiger partial charge in [0.15, 0.2) is 0 Å². The second kappa shape index (κ2) is 3.89. The molecule has 0 amide bonds. The molecule has 4 rings (SSSR count). The summed E-state index contributed by atoms with van der Waals surface area (Å²) in [6.45, 7) is 4.32. The Morgan fingerprint density at radius 3 is 2.75 bits per heavy atom. The van der Waals surface area contributed by atoms with E-state index in [0.29, 0.717) is 0 Å². The van der Waals surface area contributed by atoms with Crippen molar-refractivity contribution < 1.29 is 4.74 Å². The molecular formula is C18H17NO. The number of H-pyrrole nitrogens is 1. The molecule has 1 aromatic heterocycles. The molecule has 0 radical (unpaired) electrons. The van der Waals surface area contributed by atoms with E-state index in [9.17, 15) is 0 Å². The quantitative estimate of drug-likeness (QED) is 0.542. The Balaban J connectivity index is 2.04. The highest BCUT2D eigenvalue weighted by molar-refractivity contribution is 5.96. The Labute approximate surface area is 118 Å². The van der Waals surface area contributed by atoms with Crippen molar-refractivity contribution in [3.05, 3.63) is 52.6 Å². The normalized spacial score (nSPS) is 12.6. The first-order chi connectivity index (χ1) is 9.69. The fourth-order valence-corrected chi connectivity index (χ4v) is 3.45. The van der Waals surface area contributed by atoms with E-state index in [4.69, 9.17) is 4.74 Å². The minimum Gasteiger partial charge on any atom is -0.497 e. The maximum atomic E-state index is 5.39. The summed E-state index contributed by atoms with van der Waals surface area (Å²) >= 11 is 0. The van der Waals surface area contributed by atoms with Crippen LogP contribution >= 0.6 is 0 Å². The molecule has 0 unspecified atom stereocenters. The number of nitrogens with one attached hydrogen (secondary N) is 1. The molecule has 1 aliphatic rings. The van der Waals surface area contributed by atoms with Gasteiger partial charge >= 0.3 is 0 Å². The number of aromatic nitrogens is 1. The van der Waals surface area contributed by atoms with Crippen molar-refractivity contribution in [3.63, 3.8) is 0 Å². The predicted molar refractivity (Wildman–Crippen MR) is 82.6 cm³/mol. The van der Waals surface area contributed by atoms with Crippen molar-refractivity contribution >= 4 is 10.9 Å². The SMILES string of the molecule is COc1cc(C)c2c(c1)Cc1c-2[nH]c2c(C)cccc12. The van der Waals surface area contributed by atoms with Gasteiger partial charge in [0.2, 0.25) is 0 Å². The van der Waals surface area contributed by atoms with Gasteiger partial charge < -0.3 is 9.72 Å². The number of rotatable bonds is 1. The Bertz CT molecular complexity index is 842. The van der Waals surface area contributed by atoms with E-state index in [1.165, 1.54) is 44.4 Å². The number of fused-ring (bicyclic) bond motifs is 5. The van der Waals surface area contributed by atoms with Crippen molar-refractivity contribution in [1.29, 1.82) is 0 Å². The van der Waals surface area contributed by atoms with Crippen LogP contribution < -0.4 is 4.74 Å². The summed E-state index contributed by atoms with van der Waals surface area (Å²) < 4.78 is 5.39. The molecule has 3 aromatic rings. The van der Waals surface area contributed by atoms with Gasteiger partial charge in [0.05, 0.1) is 12.8 Å². The summed E-state index contributed by atoms with van der Waals surface area (Å²) in [4.78, 5) is 3.64. The summed E-state index contributed by atoms with van der Waals surface area (Å²) in [6, 6.07) is 10.8. The van der Waals surface area contributed by atoms with Crippen LogP contribution in [0.4, 0.5) is 0 Å². The predicted octanol–water partition coefficient (Wildman–Crippen LogP) is 4.36. The average molecular weight is 263 g/mol. The highest BCUT2D eigenvalue weighted by Gasteiger charge is 2.25. The Hall–Kier alpha value is -2.22. The zero-order valence-electron chi connectivity index (χ0n) is 12.0. The molecule has 0 saturated carbocycles. The third-order valence-electron chi connectivity index (χ3n) is 4.39. The van der Waals surface area contributed by atoms with Crippen LogP contribution in [0.2, 0.25) is 0 Å². The average Bonchev–Trinajstić information content (AvgIpc) is 2.95. The summed E-state index contributed by atoms with van der Waals surface area (Å²) in [5.74, 6) is 0.951. The Morgan fingerprint density at radius 2 is 1.95 bits per heavy atom. The van der Waals surface area contributed by atoms with Gasteiger partial charge in [0.1, 0.15) is 5.75 Å². The number of methoxy groups -OCH3 is 1. The van der Waals surface area contributed by atoms with Gasteiger partial charge in [0, 0.05) is 22.9 Å². The third kappa shape index (κ3) is 1.39. The summed E-state index contributed by atoms with van der Waals surface area (Å²) in [7, 11) is 1.73. The maximum absolute atomic E-state index is 5.39. The Morgan fingerprint density at radius 1 is 1.10 bits per heavy atom. The molecule has 0 saturated heterocycles. The smallest absolute Gasteiger partial charge is 0.119 e. The van der Waals surface area contributed by atoms with Crippen LogP contribution in [0.5, 0.6) is 5.75 Å². The molecule has 2 aromatic carbocycles. The molecule has 2 nitrogen and oxygen atoms in total. The van der Waals surface area contributed by atoms with E-state index in [1.54, 1.807) is 7.11 Å². The van der Waals surface area contributed by atoms with Gasteiger partial charge in [-0.1, -0.05) is 18.2 Å². The number of hydrogen-bond donors (Lipinski definition) is 1. The molecule has 0 fully saturated rings. The molecule has 2 heteroatoms. The van der Waals surface area contributed by atoms with Crippen LogP contribution in [0.3, 0.4) is 0 Å². The molecule has 1 heterocycles. The van der Waals surface area contributed by atoms with Crippen LogP contribution in [0.1, 0.15) is 22.3 Å². The number of benzene rings is 2. The van der Waals surface area contributed by atoms with Crippen LogP contribution in [0.15, 0.2) is 30.3 Å². The van der Waals surface area contributed by atoms with Gasteiger partial charge in [-0.25, -0.2) is 0 Å². The van der Waals surface area contributed by atoms with E-state index < -0.39 is 0 Å². The molecule has 0 aliphatic heterocycles. The van der Waals surface area contributed by atoms with Gasteiger partial charge in [-0.2, -0.15) is 0 Å². The molecule has 20 heavy (non-hydrogen) atoms. The van der Waals surface area contributed by atoms with Crippen molar-refractivity contribution in [2.75, 3.05) is 7.11 Å². The minimum absolute atomic E-state index is 0.951. The van der Waals surface area contributed by atoms with E-state index in [0.717, 1.165) is 12.2 Å². The first-order valence-corrected chi connectivity index (χ1v) is 6.97. The largest absolute Gasteiger partial charge is 0.497 e. The fourth-order valence-electron chi connectivity index (χ4n) is 3.45. The second-order valence-electron chi connectivity index (χ2n) is 5.63. The number of ether oxygens (including phenoxy) is 1. The summed E-state index contributed by atoms with van der Waals surface area (Å²) in [6.07, 6.45) is 0.992. The Kier molecular flexibility index (Phi) is 2.25. The highest BCUT2D eigenvalue weighted by atomic mass is 16.5. The second-order valence-corrected chi connectivity index (χ2v) is 5.63. The van der Waals surface area contributed by atoms with Crippen LogP contribution in [0, 0.1) is 13.8 Å². The van der Waals surface area contributed by atoms with E-state index in [2.05, 4.69) is 49.2 Å². The summed E-state index contributed by atoms with van der Waals surface area (Å²) in [5, 5.41) is 1.36. The van der Waals surface area contributed by atoms with Crippen molar-refractivity contribution in [2.45, 2.75) is 20.3 Å². The zero-order valence-corrected chi connectivity index (χ0v) is 12.0. The van der Waals surface area contributed by atoms with Crippen molar-refractivity contribution in [3.8, 4) is 17.0 Å². The van der Waals surface area contributed by atoms with E-state index >= 15 is 0 Å². The lowest BCUT2D eigenvalue weighted by molar-refractivity contribution is 0.414. The molecule has 0 atom stereocenters. The minimum atomic E-state index is 0.951. The monoisotopic (exact) mass is 263 g/mol. The topological polar surface area (TPSA) is 25.0 Å². The summed E-state index contributed by atoms with van der Waals surface area (Å²) in [5.41, 5.74) is 9.31. The molecule has 0 spiro atoms. The maximum Gasteiger partial charge on any atom is 0.119 e. The van der Waals surface area contributed by atoms with Crippen LogP contribution in [-0.2, 0) is 6.42 Å². The lowest BCUT2D eigenvalue weighted by Crippen LogP contribution is -1.90. The number of aromatic amines is 1. The van der Waals surface area contributed by atoms with Crippen LogP contribution in [-0.4, -0.2) is 12.1 Å². The lowest BCUT2D eigenvalue weighted by Gasteiger charge is -2.08. The molecule has 100 valence electrons. The third-order valence-corrected chi connectivity index (χ3v) is 4.39. The van der Waals surface area contributed by atoms with Gasteiger partial charge in [-0.3, -0.25) is 0 Å². The van der Waals surface area contributed by atoms with Crippen molar-refractivity contribution in [1.82, 2.24) is 4.98 Å². The fraction of sp³-hybridized carbons (Fsp3) is 0.222. The standard InChI is InChI=1S/C18H17NO/c1-10-5-4-6-14-15-9-12-8-13(20-3)7-11(2)16(12)18(15)19-17(10)14/h4-8,19H,9H2,1-3H3. The zero-order chi connectivity index (χ0) is 13.9. The van der Waals surface area contributed by atoms with Gasteiger partial charge in [0.25, 0.3) is 0 Å². The van der Waals surface area contributed by atoms with E-state index in [1.807, 2.05) is 0 Å². The van der Waals surface area contributed by atoms with Gasteiger partial charge in [-0.15, -0.1) is 0 Å². The number of aryl methyl sites for hydroxylation is 2. The van der Waals surface area contributed by atoms with Crippen molar-refractivity contribution in [2.24, 2.45) is 0 Å². The van der Waals surface area contributed by atoms with Crippen LogP contribution in [0.25, 0.3) is 22.2 Å². The number of para-hydroxylation sites is 1. The first kappa shape index (κ1) is 11.6. The lowest BCUT2D eigenvalue weighted by atomic mass is 10.0. The first-order valence-electron chi connectivity index (χ1n) is 6.97. The number of hydrogen-bond acceptors (Lipinski definition) is 1. The molecule has 1 aliphatic carbocycles.